The van der Waals surface area contributed by atoms with Crippen LogP contribution in [0.2, 0.25) is 0 Å². The van der Waals surface area contributed by atoms with Crippen LogP contribution in [0.25, 0.3) is 11.3 Å². The fourth-order valence-electron chi connectivity index (χ4n) is 3.94. The molecular weight excluding hydrogens is 324 g/mol. The van der Waals surface area contributed by atoms with E-state index in [1.165, 1.54) is 24.9 Å². The molecule has 1 saturated carbocycles. The second-order valence-corrected chi connectivity index (χ2v) is 7.83. The zero-order chi connectivity index (χ0) is 17.7. The Balaban J connectivity index is 1.27. The molecule has 0 radical (unpaired) electrons. The summed E-state index contributed by atoms with van der Waals surface area (Å²) in [5.74, 6) is 0.973. The van der Waals surface area contributed by atoms with Crippen LogP contribution < -0.4 is 10.2 Å². The minimum atomic E-state index is 0.611. The summed E-state index contributed by atoms with van der Waals surface area (Å²) in [4.78, 5) is 2.44. The van der Waals surface area contributed by atoms with E-state index in [4.69, 9.17) is 9.84 Å². The van der Waals surface area contributed by atoms with Crippen molar-refractivity contribution < 1.29 is 4.74 Å². The number of rotatable bonds is 4. The van der Waals surface area contributed by atoms with E-state index in [1.54, 1.807) is 0 Å². The summed E-state index contributed by atoms with van der Waals surface area (Å²) < 4.78 is 7.67. The van der Waals surface area contributed by atoms with Crippen molar-refractivity contribution in [1.29, 1.82) is 0 Å². The Morgan fingerprint density at radius 3 is 2.46 bits per heavy atom. The molecule has 3 aliphatic rings. The number of benzene rings is 1. The number of anilines is 1. The smallest absolute Gasteiger partial charge is 0.116 e. The molecular formula is C21H26N4O. The van der Waals surface area contributed by atoms with Crippen LogP contribution in [0.5, 0.6) is 0 Å². The molecule has 1 N–H and O–H groups in total. The first-order valence-electron chi connectivity index (χ1n) is 9.68. The van der Waals surface area contributed by atoms with Crippen LogP contribution in [0, 0.1) is 0 Å². The lowest BCUT2D eigenvalue weighted by molar-refractivity contribution is 0.197. The van der Waals surface area contributed by atoms with Gasteiger partial charge in [0.2, 0.25) is 0 Å². The highest BCUT2D eigenvalue weighted by atomic mass is 16.5. The van der Waals surface area contributed by atoms with Gasteiger partial charge in [-0.1, -0.05) is 6.42 Å². The first-order valence-corrected chi connectivity index (χ1v) is 9.68. The molecule has 0 atom stereocenters. The minimum Gasteiger partial charge on any atom is -0.493 e. The largest absolute Gasteiger partial charge is 0.493 e. The summed E-state index contributed by atoms with van der Waals surface area (Å²) in [7, 11) is 0. The standard InChI is InChI=1S/C21H26N4O/c1-14-15(2)26-13-16-10-25(23-21(14)16)20-8-6-19(7-9-20)24-11-18(12-24)22-17-4-3-5-17/h6-10,17-18,22H,3-5,11-13H2,1-2H3. The van der Waals surface area contributed by atoms with E-state index in [2.05, 4.69) is 47.6 Å². The summed E-state index contributed by atoms with van der Waals surface area (Å²) in [5.41, 5.74) is 5.74. The molecule has 5 nitrogen and oxygen atoms in total. The second-order valence-electron chi connectivity index (χ2n) is 7.83. The molecule has 1 aromatic carbocycles. The van der Waals surface area contributed by atoms with E-state index in [-0.39, 0.29) is 0 Å². The summed E-state index contributed by atoms with van der Waals surface area (Å²) in [5, 5.41) is 8.53. The molecule has 1 saturated heterocycles. The molecule has 0 amide bonds. The molecule has 2 aliphatic heterocycles. The van der Waals surface area contributed by atoms with Crippen molar-refractivity contribution >= 4 is 11.3 Å². The highest BCUT2D eigenvalue weighted by molar-refractivity contribution is 5.66. The maximum atomic E-state index is 5.70. The molecule has 5 heteroatoms. The summed E-state index contributed by atoms with van der Waals surface area (Å²) in [6, 6.07) is 10.2. The number of allylic oxidation sites excluding steroid dienone is 2. The van der Waals surface area contributed by atoms with Gasteiger partial charge in [0, 0.05) is 48.2 Å². The average molecular weight is 350 g/mol. The van der Waals surface area contributed by atoms with Gasteiger partial charge in [0.15, 0.2) is 0 Å². The van der Waals surface area contributed by atoms with E-state index in [0.29, 0.717) is 12.6 Å². The van der Waals surface area contributed by atoms with Crippen LogP contribution in [0.3, 0.4) is 0 Å². The number of nitrogens with one attached hydrogen (secondary N) is 1. The number of nitrogens with zero attached hydrogens (tertiary/aromatic N) is 3. The van der Waals surface area contributed by atoms with Crippen molar-refractivity contribution in [2.24, 2.45) is 0 Å². The highest BCUT2D eigenvalue weighted by Crippen LogP contribution is 2.29. The first kappa shape index (κ1) is 15.9. The maximum Gasteiger partial charge on any atom is 0.116 e. The lowest BCUT2D eigenvalue weighted by atomic mass is 9.91. The molecule has 1 aromatic heterocycles. The van der Waals surface area contributed by atoms with Crippen LogP contribution in [-0.4, -0.2) is 35.0 Å². The van der Waals surface area contributed by atoms with Gasteiger partial charge in [-0.2, -0.15) is 5.10 Å². The normalized spacial score (nSPS) is 20.5. The Kier molecular flexibility index (Phi) is 3.78. The predicted octanol–water partition coefficient (Wildman–Crippen LogP) is 3.48. The van der Waals surface area contributed by atoms with Crippen molar-refractivity contribution in [3.63, 3.8) is 0 Å². The molecule has 0 spiro atoms. The van der Waals surface area contributed by atoms with Crippen LogP contribution in [-0.2, 0) is 11.3 Å². The molecule has 26 heavy (non-hydrogen) atoms. The number of aromatic nitrogens is 2. The number of fused-ring (bicyclic) bond motifs is 1. The van der Waals surface area contributed by atoms with E-state index < -0.39 is 0 Å². The number of ether oxygens (including phenoxy) is 1. The third-order valence-corrected chi connectivity index (χ3v) is 6.06. The molecule has 3 heterocycles. The fourth-order valence-corrected chi connectivity index (χ4v) is 3.94. The van der Waals surface area contributed by atoms with Gasteiger partial charge in [-0.15, -0.1) is 0 Å². The summed E-state index contributed by atoms with van der Waals surface area (Å²) in [6.45, 7) is 6.93. The van der Waals surface area contributed by atoms with Crippen LogP contribution in [0.4, 0.5) is 5.69 Å². The van der Waals surface area contributed by atoms with E-state index in [0.717, 1.165) is 47.4 Å². The van der Waals surface area contributed by atoms with Gasteiger partial charge < -0.3 is 15.0 Å². The van der Waals surface area contributed by atoms with Crippen molar-refractivity contribution in [1.82, 2.24) is 15.1 Å². The predicted molar refractivity (Wildman–Crippen MR) is 103 cm³/mol. The SMILES string of the molecule is CC1=C(C)c2nn(-c3ccc(N4CC(NC5CCC5)C4)cc3)cc2CO1. The average Bonchev–Trinajstić information content (AvgIpc) is 3.01. The third-order valence-electron chi connectivity index (χ3n) is 6.06. The van der Waals surface area contributed by atoms with Crippen molar-refractivity contribution in [3.8, 4) is 5.69 Å². The monoisotopic (exact) mass is 350 g/mol. The molecule has 1 aliphatic carbocycles. The Hall–Kier alpha value is -2.27. The third kappa shape index (κ3) is 2.71. The van der Waals surface area contributed by atoms with Crippen molar-refractivity contribution in [2.75, 3.05) is 18.0 Å². The second kappa shape index (κ2) is 6.16. The quantitative estimate of drug-likeness (QED) is 0.917. The molecule has 136 valence electrons. The zero-order valence-corrected chi connectivity index (χ0v) is 15.5. The van der Waals surface area contributed by atoms with Gasteiger partial charge in [0.05, 0.1) is 17.1 Å². The van der Waals surface area contributed by atoms with Gasteiger partial charge in [-0.05, 0) is 51.0 Å². The van der Waals surface area contributed by atoms with Gasteiger partial charge in [0.25, 0.3) is 0 Å². The van der Waals surface area contributed by atoms with Crippen LogP contribution >= 0.6 is 0 Å². The first-order chi connectivity index (χ1) is 12.7. The topological polar surface area (TPSA) is 42.3 Å². The molecule has 0 unspecified atom stereocenters. The Bertz CT molecular complexity index is 841. The van der Waals surface area contributed by atoms with Gasteiger partial charge >= 0.3 is 0 Å². The number of hydrogen-bond acceptors (Lipinski definition) is 4. The van der Waals surface area contributed by atoms with E-state index >= 15 is 0 Å². The van der Waals surface area contributed by atoms with Crippen LogP contribution in [0.1, 0.15) is 44.4 Å². The summed E-state index contributed by atoms with van der Waals surface area (Å²) in [6.07, 6.45) is 6.20. The highest BCUT2D eigenvalue weighted by Gasteiger charge is 2.30. The van der Waals surface area contributed by atoms with Crippen LogP contribution in [0.15, 0.2) is 36.2 Å². The Labute approximate surface area is 154 Å². The Morgan fingerprint density at radius 2 is 1.77 bits per heavy atom. The molecule has 5 rings (SSSR count). The Morgan fingerprint density at radius 1 is 1.04 bits per heavy atom. The molecule has 0 bridgehead atoms. The van der Waals surface area contributed by atoms with E-state index in [9.17, 15) is 0 Å². The number of hydrogen-bond donors (Lipinski definition) is 1. The van der Waals surface area contributed by atoms with E-state index in [1.807, 2.05) is 11.6 Å². The van der Waals surface area contributed by atoms with Gasteiger partial charge in [-0.25, -0.2) is 4.68 Å². The lowest BCUT2D eigenvalue weighted by Crippen LogP contribution is -2.61. The fraction of sp³-hybridized carbons (Fsp3) is 0.476. The van der Waals surface area contributed by atoms with Gasteiger partial charge in [0.1, 0.15) is 6.61 Å². The van der Waals surface area contributed by atoms with Gasteiger partial charge in [-0.3, -0.25) is 0 Å². The molecule has 2 aromatic rings. The lowest BCUT2D eigenvalue weighted by Gasteiger charge is -2.44. The maximum absolute atomic E-state index is 5.70. The summed E-state index contributed by atoms with van der Waals surface area (Å²) >= 11 is 0. The van der Waals surface area contributed by atoms with Crippen molar-refractivity contribution in [3.05, 3.63) is 47.5 Å². The zero-order valence-electron chi connectivity index (χ0n) is 15.5. The minimum absolute atomic E-state index is 0.611. The van der Waals surface area contributed by atoms with Crippen molar-refractivity contribution in [2.45, 2.75) is 51.8 Å². The molecule has 2 fully saturated rings.